The second-order valence-corrected chi connectivity index (χ2v) is 7.76. The van der Waals surface area contributed by atoms with Crippen molar-refractivity contribution in [2.24, 2.45) is 4.99 Å². The van der Waals surface area contributed by atoms with Crippen LogP contribution in [0.2, 0.25) is 5.02 Å². The van der Waals surface area contributed by atoms with Crippen LogP contribution in [0.3, 0.4) is 0 Å². The molecule has 0 saturated carbocycles. The molecule has 2 N–H and O–H groups in total. The monoisotopic (exact) mass is 538 g/mol. The summed E-state index contributed by atoms with van der Waals surface area (Å²) in [6.45, 7) is 4.49. The van der Waals surface area contributed by atoms with Gasteiger partial charge >= 0.3 is 0 Å². The number of guanidine groups is 1. The van der Waals surface area contributed by atoms with Crippen LogP contribution in [0.1, 0.15) is 12.0 Å². The zero-order valence-electron chi connectivity index (χ0n) is 17.1. The summed E-state index contributed by atoms with van der Waals surface area (Å²) < 4.78 is 0. The molecule has 2 aliphatic heterocycles. The largest absolute Gasteiger partial charge is 0.364 e. The Labute approximate surface area is 200 Å². The summed E-state index contributed by atoms with van der Waals surface area (Å²) in [6, 6.07) is 12.7. The fourth-order valence-electron chi connectivity index (χ4n) is 3.81. The van der Waals surface area contributed by atoms with Gasteiger partial charge in [0, 0.05) is 57.7 Å². The van der Waals surface area contributed by atoms with Gasteiger partial charge in [-0.25, -0.2) is 4.98 Å². The lowest BCUT2D eigenvalue weighted by Crippen LogP contribution is -2.44. The first-order valence-corrected chi connectivity index (χ1v) is 10.4. The van der Waals surface area contributed by atoms with Gasteiger partial charge in [0.15, 0.2) is 5.96 Å². The Balaban J connectivity index is 0.00000256. The third-order valence-electron chi connectivity index (χ3n) is 5.35. The third kappa shape index (κ3) is 5.57. The van der Waals surface area contributed by atoms with Crippen LogP contribution in [0.4, 0.5) is 11.5 Å². The van der Waals surface area contributed by atoms with Crippen LogP contribution in [-0.4, -0.2) is 50.2 Å². The number of aliphatic imine (C=N–C) groups is 1. The molecule has 1 fully saturated rings. The van der Waals surface area contributed by atoms with Crippen LogP contribution in [0.15, 0.2) is 59.7 Å². The molecule has 2 aliphatic rings. The van der Waals surface area contributed by atoms with E-state index in [0.29, 0.717) is 11.1 Å². The molecule has 4 rings (SSSR count). The van der Waals surface area contributed by atoms with E-state index in [9.17, 15) is 0 Å². The second-order valence-electron chi connectivity index (χ2n) is 7.36. The van der Waals surface area contributed by atoms with E-state index < -0.39 is 0 Å². The molecule has 160 valence electrons. The van der Waals surface area contributed by atoms with Gasteiger partial charge in [0.1, 0.15) is 5.82 Å². The topological polar surface area (TPSA) is 55.8 Å². The molecule has 0 amide bonds. The highest BCUT2D eigenvalue weighted by Gasteiger charge is 2.25. The summed E-state index contributed by atoms with van der Waals surface area (Å²) in [7, 11) is 1.81. The molecule has 3 heterocycles. The van der Waals surface area contributed by atoms with Crippen molar-refractivity contribution in [3.8, 4) is 0 Å². The Kier molecular flexibility index (Phi) is 8.21. The number of anilines is 2. The van der Waals surface area contributed by atoms with Crippen molar-refractivity contribution >= 4 is 53.0 Å². The second kappa shape index (κ2) is 10.9. The van der Waals surface area contributed by atoms with Gasteiger partial charge in [0.2, 0.25) is 0 Å². The first-order valence-electron chi connectivity index (χ1n) is 10.0. The number of aromatic nitrogens is 1. The van der Waals surface area contributed by atoms with Crippen LogP contribution < -0.4 is 20.4 Å². The summed E-state index contributed by atoms with van der Waals surface area (Å²) in [5.41, 5.74) is 2.50. The lowest BCUT2D eigenvalue weighted by molar-refractivity contribution is 0.648. The van der Waals surface area contributed by atoms with Gasteiger partial charge in [-0.15, -0.1) is 24.0 Å². The Hall–Kier alpha value is -2.00. The van der Waals surface area contributed by atoms with Gasteiger partial charge in [-0.3, -0.25) is 4.99 Å². The first kappa shape index (κ1) is 22.7. The Morgan fingerprint density at radius 3 is 2.80 bits per heavy atom. The minimum atomic E-state index is 0. The van der Waals surface area contributed by atoms with E-state index in [0.717, 1.165) is 50.9 Å². The molecular formula is C22H28ClIN6. The van der Waals surface area contributed by atoms with Crippen molar-refractivity contribution < 1.29 is 0 Å². The molecule has 0 aliphatic carbocycles. The standard InChI is InChI=1S/C22H27ClN6.HI/c1-24-22(26-15-17-6-4-7-19(14-17)28-11-2-3-12-28)27-18-9-13-29(16-18)21-20(23)8-5-10-25-21;/h2-8,10,14,18H,9,11-13,15-16H2,1H3,(H2,24,26,27);1H. The van der Waals surface area contributed by atoms with Gasteiger partial charge in [-0.2, -0.15) is 0 Å². The third-order valence-corrected chi connectivity index (χ3v) is 5.64. The molecule has 6 nitrogen and oxygen atoms in total. The number of benzene rings is 1. The molecule has 0 bridgehead atoms. The van der Waals surface area contributed by atoms with E-state index in [1.807, 2.05) is 19.2 Å². The van der Waals surface area contributed by atoms with E-state index in [1.165, 1.54) is 11.3 Å². The molecule has 8 heteroatoms. The van der Waals surface area contributed by atoms with Gasteiger partial charge in [-0.05, 0) is 36.2 Å². The number of hydrogen-bond donors (Lipinski definition) is 2. The highest BCUT2D eigenvalue weighted by atomic mass is 127. The van der Waals surface area contributed by atoms with Crippen molar-refractivity contribution in [3.63, 3.8) is 0 Å². The summed E-state index contributed by atoms with van der Waals surface area (Å²) >= 11 is 6.29. The van der Waals surface area contributed by atoms with E-state index >= 15 is 0 Å². The molecule has 1 saturated heterocycles. The fraction of sp³-hybridized carbons (Fsp3) is 0.364. The van der Waals surface area contributed by atoms with Crippen LogP contribution in [0.25, 0.3) is 0 Å². The smallest absolute Gasteiger partial charge is 0.191 e. The fourth-order valence-corrected chi connectivity index (χ4v) is 4.05. The lowest BCUT2D eigenvalue weighted by Gasteiger charge is -2.21. The van der Waals surface area contributed by atoms with E-state index in [-0.39, 0.29) is 24.0 Å². The zero-order valence-corrected chi connectivity index (χ0v) is 20.2. The Bertz CT molecular complexity index is 895. The van der Waals surface area contributed by atoms with Gasteiger partial charge in [0.25, 0.3) is 0 Å². The Morgan fingerprint density at radius 2 is 2.03 bits per heavy atom. The van der Waals surface area contributed by atoms with E-state index in [1.54, 1.807) is 6.20 Å². The summed E-state index contributed by atoms with van der Waals surface area (Å²) in [5.74, 6) is 1.67. The molecule has 1 atom stereocenters. The highest BCUT2D eigenvalue weighted by Crippen LogP contribution is 2.25. The maximum atomic E-state index is 6.29. The summed E-state index contributed by atoms with van der Waals surface area (Å²) in [6.07, 6.45) is 7.22. The predicted molar refractivity (Wildman–Crippen MR) is 136 cm³/mol. The van der Waals surface area contributed by atoms with Crippen LogP contribution >= 0.6 is 35.6 Å². The minimum absolute atomic E-state index is 0. The van der Waals surface area contributed by atoms with Crippen molar-refractivity contribution in [1.29, 1.82) is 0 Å². The zero-order chi connectivity index (χ0) is 20.1. The number of hydrogen-bond acceptors (Lipinski definition) is 4. The molecule has 30 heavy (non-hydrogen) atoms. The molecule has 1 aromatic heterocycles. The number of halogens is 2. The van der Waals surface area contributed by atoms with E-state index in [4.69, 9.17) is 11.6 Å². The van der Waals surface area contributed by atoms with Crippen LogP contribution in [0, 0.1) is 0 Å². The molecule has 0 spiro atoms. The minimum Gasteiger partial charge on any atom is -0.364 e. The summed E-state index contributed by atoms with van der Waals surface area (Å²) in [4.78, 5) is 13.4. The average Bonchev–Trinajstić information content (AvgIpc) is 3.44. The average molecular weight is 539 g/mol. The molecule has 2 aromatic rings. The Morgan fingerprint density at radius 1 is 1.20 bits per heavy atom. The number of nitrogens with zero attached hydrogens (tertiary/aromatic N) is 4. The quantitative estimate of drug-likeness (QED) is 0.263. The normalized spacial score (nSPS) is 18.5. The number of rotatable bonds is 5. The molecule has 1 aromatic carbocycles. The lowest BCUT2D eigenvalue weighted by atomic mass is 10.2. The molecule has 1 unspecified atom stereocenters. The maximum Gasteiger partial charge on any atom is 0.191 e. The van der Waals surface area contributed by atoms with Crippen molar-refractivity contribution in [2.45, 2.75) is 19.0 Å². The molecule has 0 radical (unpaired) electrons. The predicted octanol–water partition coefficient (Wildman–Crippen LogP) is 3.67. The number of pyridine rings is 1. The maximum absolute atomic E-state index is 6.29. The van der Waals surface area contributed by atoms with Crippen molar-refractivity contribution in [1.82, 2.24) is 15.6 Å². The number of nitrogens with one attached hydrogen (secondary N) is 2. The van der Waals surface area contributed by atoms with Crippen molar-refractivity contribution in [3.05, 3.63) is 65.3 Å². The van der Waals surface area contributed by atoms with Crippen LogP contribution in [0.5, 0.6) is 0 Å². The van der Waals surface area contributed by atoms with Crippen LogP contribution in [-0.2, 0) is 6.54 Å². The highest BCUT2D eigenvalue weighted by molar-refractivity contribution is 14.0. The van der Waals surface area contributed by atoms with Gasteiger partial charge in [0.05, 0.1) is 5.02 Å². The SMILES string of the molecule is CN=C(NCc1cccc(N2CC=CC2)c1)NC1CCN(c2ncccc2Cl)C1.I. The molecular weight excluding hydrogens is 511 g/mol. The van der Waals surface area contributed by atoms with Gasteiger partial charge < -0.3 is 20.4 Å². The summed E-state index contributed by atoms with van der Waals surface area (Å²) in [5, 5.41) is 7.67. The van der Waals surface area contributed by atoms with E-state index in [2.05, 4.69) is 66.8 Å². The van der Waals surface area contributed by atoms with Crippen molar-refractivity contribution in [2.75, 3.05) is 43.0 Å². The van der Waals surface area contributed by atoms with Gasteiger partial charge in [-0.1, -0.05) is 35.9 Å². The first-order chi connectivity index (χ1) is 14.2.